The summed E-state index contributed by atoms with van der Waals surface area (Å²) in [6, 6.07) is 7.24. The molecule has 0 aliphatic heterocycles. The van der Waals surface area contributed by atoms with Gasteiger partial charge in [-0.25, -0.2) is 4.79 Å². The summed E-state index contributed by atoms with van der Waals surface area (Å²) < 4.78 is 13.4. The first-order valence-corrected chi connectivity index (χ1v) is 9.05. The van der Waals surface area contributed by atoms with Gasteiger partial charge >= 0.3 is 5.97 Å². The lowest BCUT2D eigenvalue weighted by Crippen LogP contribution is -2.20. The normalized spacial score (nSPS) is 13.0. The van der Waals surface area contributed by atoms with E-state index < -0.39 is 11.9 Å². The number of anilines is 1. The third kappa shape index (κ3) is 2.90. The molecule has 0 spiro atoms. The summed E-state index contributed by atoms with van der Waals surface area (Å²) in [5.41, 5.74) is 3.16. The van der Waals surface area contributed by atoms with Crippen molar-refractivity contribution in [2.45, 2.75) is 19.3 Å². The van der Waals surface area contributed by atoms with Crippen molar-refractivity contribution < 1.29 is 14.3 Å². The van der Waals surface area contributed by atoms with Gasteiger partial charge in [0.2, 0.25) is 0 Å². The summed E-state index contributed by atoms with van der Waals surface area (Å²) in [7, 11) is 0. The number of nitrogens with one attached hydrogen (secondary N) is 1. The van der Waals surface area contributed by atoms with Crippen LogP contribution in [0.25, 0.3) is 11.0 Å². The van der Waals surface area contributed by atoms with Gasteiger partial charge in [-0.2, -0.15) is 8.75 Å². The number of amides is 1. The number of thiophene rings is 1. The Hall–Kier alpha value is -2.32. The Morgan fingerprint density at radius 2 is 2.17 bits per heavy atom. The van der Waals surface area contributed by atoms with Gasteiger partial charge in [0.05, 0.1) is 17.4 Å². The number of aryl methyl sites for hydroxylation is 2. The van der Waals surface area contributed by atoms with E-state index in [1.54, 1.807) is 12.1 Å². The van der Waals surface area contributed by atoms with Crippen LogP contribution in [0, 0.1) is 0 Å². The average Bonchev–Trinajstić information content (AvgIpc) is 3.27. The molecule has 4 rings (SSSR count). The SMILES string of the molecule is O=C(COC(=O)c1cc2c(s1)CCC2)Nc1cccc2nsnc12. The molecule has 122 valence electrons. The van der Waals surface area contributed by atoms with E-state index in [1.165, 1.54) is 21.8 Å². The van der Waals surface area contributed by atoms with Crippen LogP contribution < -0.4 is 5.32 Å². The second kappa shape index (κ2) is 6.29. The monoisotopic (exact) mass is 359 g/mol. The maximum absolute atomic E-state index is 12.1. The molecule has 0 fully saturated rings. The van der Waals surface area contributed by atoms with Crippen molar-refractivity contribution in [1.29, 1.82) is 0 Å². The van der Waals surface area contributed by atoms with Gasteiger partial charge in [-0.05, 0) is 43.0 Å². The number of rotatable bonds is 4. The van der Waals surface area contributed by atoms with Crippen LogP contribution in [-0.2, 0) is 22.4 Å². The van der Waals surface area contributed by atoms with Gasteiger partial charge in [0.1, 0.15) is 15.9 Å². The molecule has 0 unspecified atom stereocenters. The van der Waals surface area contributed by atoms with E-state index in [1.807, 2.05) is 12.1 Å². The molecule has 6 nitrogen and oxygen atoms in total. The molecule has 3 aromatic rings. The van der Waals surface area contributed by atoms with E-state index >= 15 is 0 Å². The predicted octanol–water partition coefficient (Wildman–Crippen LogP) is 3.04. The lowest BCUT2D eigenvalue weighted by Gasteiger charge is -2.06. The minimum absolute atomic E-state index is 0.324. The van der Waals surface area contributed by atoms with Crippen LogP contribution in [0.2, 0.25) is 0 Å². The Balaban J connectivity index is 1.37. The summed E-state index contributed by atoms with van der Waals surface area (Å²) in [4.78, 5) is 25.9. The zero-order chi connectivity index (χ0) is 16.5. The maximum atomic E-state index is 12.1. The van der Waals surface area contributed by atoms with Crippen molar-refractivity contribution in [2.24, 2.45) is 0 Å². The van der Waals surface area contributed by atoms with Crippen LogP contribution >= 0.6 is 23.1 Å². The van der Waals surface area contributed by atoms with Crippen molar-refractivity contribution in [3.8, 4) is 0 Å². The van der Waals surface area contributed by atoms with Crippen molar-refractivity contribution in [2.75, 3.05) is 11.9 Å². The zero-order valence-electron chi connectivity index (χ0n) is 12.6. The average molecular weight is 359 g/mol. The van der Waals surface area contributed by atoms with Crippen LogP contribution in [0.4, 0.5) is 5.69 Å². The van der Waals surface area contributed by atoms with E-state index in [2.05, 4.69) is 14.1 Å². The van der Waals surface area contributed by atoms with Crippen molar-refractivity contribution in [1.82, 2.24) is 8.75 Å². The molecule has 2 aromatic heterocycles. The Bertz CT molecular complexity index is 910. The molecule has 1 amide bonds. The highest BCUT2D eigenvalue weighted by atomic mass is 32.1. The van der Waals surface area contributed by atoms with E-state index in [-0.39, 0.29) is 6.61 Å². The fraction of sp³-hybridized carbons (Fsp3) is 0.250. The second-order valence-corrected chi connectivity index (χ2v) is 7.14. The number of carbonyl (C=O) groups excluding carboxylic acids is 2. The molecule has 24 heavy (non-hydrogen) atoms. The summed E-state index contributed by atoms with van der Waals surface area (Å²) in [5.74, 6) is -0.842. The lowest BCUT2D eigenvalue weighted by atomic mass is 10.2. The molecule has 1 aromatic carbocycles. The number of carbonyl (C=O) groups is 2. The number of esters is 1. The molecule has 2 heterocycles. The van der Waals surface area contributed by atoms with Gasteiger partial charge in [-0.1, -0.05) is 6.07 Å². The number of aromatic nitrogens is 2. The first kappa shape index (κ1) is 15.2. The van der Waals surface area contributed by atoms with Crippen molar-refractivity contribution in [3.05, 3.63) is 39.6 Å². The third-order valence-corrected chi connectivity index (χ3v) is 5.60. The molecule has 0 saturated carbocycles. The smallest absolute Gasteiger partial charge is 0.348 e. The van der Waals surface area contributed by atoms with Gasteiger partial charge < -0.3 is 10.1 Å². The summed E-state index contributed by atoms with van der Waals surface area (Å²) in [5, 5.41) is 2.71. The molecule has 0 radical (unpaired) electrons. The van der Waals surface area contributed by atoms with Crippen LogP contribution in [0.15, 0.2) is 24.3 Å². The molecular formula is C16H13N3O3S2. The maximum Gasteiger partial charge on any atom is 0.348 e. The second-order valence-electron chi connectivity index (χ2n) is 5.47. The van der Waals surface area contributed by atoms with Crippen LogP contribution in [-0.4, -0.2) is 27.2 Å². The minimum Gasteiger partial charge on any atom is -0.451 e. The summed E-state index contributed by atoms with van der Waals surface area (Å²) in [6.07, 6.45) is 3.20. The van der Waals surface area contributed by atoms with Crippen LogP contribution in [0.5, 0.6) is 0 Å². The van der Waals surface area contributed by atoms with Gasteiger partial charge in [0.25, 0.3) is 5.91 Å². The highest BCUT2D eigenvalue weighted by Gasteiger charge is 2.20. The molecule has 1 aliphatic rings. The molecule has 0 bridgehead atoms. The first-order valence-electron chi connectivity index (χ1n) is 7.50. The Labute approximate surface area is 145 Å². The number of hydrogen-bond donors (Lipinski definition) is 1. The third-order valence-electron chi connectivity index (χ3n) is 3.84. The number of fused-ring (bicyclic) bond motifs is 2. The van der Waals surface area contributed by atoms with Crippen LogP contribution in [0.3, 0.4) is 0 Å². The predicted molar refractivity (Wildman–Crippen MR) is 92.7 cm³/mol. The highest BCUT2D eigenvalue weighted by Crippen LogP contribution is 2.30. The summed E-state index contributed by atoms with van der Waals surface area (Å²) in [6.45, 7) is -0.324. The molecule has 1 aliphatic carbocycles. The standard InChI is InChI=1S/C16H13N3O3S2/c20-14(17-10-4-2-5-11-15(10)19-24-18-11)8-22-16(21)13-7-9-3-1-6-12(9)23-13/h2,4-5,7H,1,3,6,8H2,(H,17,20). The number of benzene rings is 1. The van der Waals surface area contributed by atoms with Gasteiger partial charge in [-0.15, -0.1) is 11.3 Å². The fourth-order valence-corrected chi connectivity index (χ4v) is 4.42. The lowest BCUT2D eigenvalue weighted by molar-refractivity contribution is -0.119. The Morgan fingerprint density at radius 1 is 1.25 bits per heavy atom. The molecule has 0 atom stereocenters. The fourth-order valence-electron chi connectivity index (χ4n) is 2.73. The molecule has 0 saturated heterocycles. The Kier molecular flexibility index (Phi) is 3.99. The van der Waals surface area contributed by atoms with E-state index in [4.69, 9.17) is 4.74 Å². The largest absolute Gasteiger partial charge is 0.451 e. The topological polar surface area (TPSA) is 81.2 Å². The molecular weight excluding hydrogens is 346 g/mol. The number of hydrogen-bond acceptors (Lipinski definition) is 7. The van der Waals surface area contributed by atoms with Gasteiger partial charge in [-0.3, -0.25) is 4.79 Å². The zero-order valence-corrected chi connectivity index (χ0v) is 14.2. The number of nitrogens with zero attached hydrogens (tertiary/aromatic N) is 2. The van der Waals surface area contributed by atoms with E-state index in [0.29, 0.717) is 16.1 Å². The highest BCUT2D eigenvalue weighted by molar-refractivity contribution is 7.14. The Morgan fingerprint density at radius 3 is 3.04 bits per heavy atom. The van der Waals surface area contributed by atoms with Crippen molar-refractivity contribution in [3.63, 3.8) is 0 Å². The first-order chi connectivity index (χ1) is 11.7. The van der Waals surface area contributed by atoms with E-state index in [0.717, 1.165) is 36.5 Å². The number of ether oxygens (including phenoxy) is 1. The van der Waals surface area contributed by atoms with Gasteiger partial charge in [0, 0.05) is 4.88 Å². The van der Waals surface area contributed by atoms with Crippen molar-refractivity contribution >= 4 is 51.7 Å². The van der Waals surface area contributed by atoms with E-state index in [9.17, 15) is 9.59 Å². The minimum atomic E-state index is -0.446. The molecule has 8 heteroatoms. The summed E-state index contributed by atoms with van der Waals surface area (Å²) >= 11 is 2.55. The van der Waals surface area contributed by atoms with Gasteiger partial charge in [0.15, 0.2) is 6.61 Å². The molecule has 1 N–H and O–H groups in total. The quantitative estimate of drug-likeness (QED) is 0.724. The van der Waals surface area contributed by atoms with Crippen LogP contribution in [0.1, 0.15) is 26.5 Å².